The van der Waals surface area contributed by atoms with Gasteiger partial charge in [-0.25, -0.2) is 0 Å². The van der Waals surface area contributed by atoms with Crippen LogP contribution >= 0.6 is 0 Å². The average molecular weight is 196 g/mol. The lowest BCUT2D eigenvalue weighted by molar-refractivity contribution is -0.0661. The first-order valence-corrected chi connectivity index (χ1v) is 6.21. The van der Waals surface area contributed by atoms with E-state index in [0.29, 0.717) is 11.3 Å². The third kappa shape index (κ3) is 1.60. The third-order valence-electron chi connectivity index (χ3n) is 4.95. The summed E-state index contributed by atoms with van der Waals surface area (Å²) in [7, 11) is 0. The molecule has 2 fully saturated rings. The molecule has 1 N–H and O–H groups in total. The summed E-state index contributed by atoms with van der Waals surface area (Å²) in [5.41, 5.74) is 0.448. The fourth-order valence-corrected chi connectivity index (χ4v) is 3.91. The highest BCUT2D eigenvalue weighted by atomic mass is 16.3. The molecule has 0 bridgehead atoms. The molecule has 5 atom stereocenters. The van der Waals surface area contributed by atoms with E-state index < -0.39 is 0 Å². The van der Waals surface area contributed by atoms with Crippen molar-refractivity contribution in [2.24, 2.45) is 23.2 Å². The van der Waals surface area contributed by atoms with Gasteiger partial charge in [-0.3, -0.25) is 0 Å². The summed E-state index contributed by atoms with van der Waals surface area (Å²) in [4.78, 5) is 0. The van der Waals surface area contributed by atoms with Gasteiger partial charge in [-0.05, 0) is 42.4 Å². The van der Waals surface area contributed by atoms with Gasteiger partial charge in [-0.15, -0.1) is 0 Å². The average Bonchev–Trinajstić information content (AvgIpc) is 2.09. The van der Waals surface area contributed by atoms with Crippen molar-refractivity contribution in [1.29, 1.82) is 0 Å². The highest BCUT2D eigenvalue weighted by molar-refractivity contribution is 4.96. The van der Waals surface area contributed by atoms with Crippen LogP contribution in [0.3, 0.4) is 0 Å². The van der Waals surface area contributed by atoms with E-state index in [4.69, 9.17) is 0 Å². The van der Waals surface area contributed by atoms with E-state index in [-0.39, 0.29) is 6.10 Å². The van der Waals surface area contributed by atoms with Gasteiger partial charge in [0.2, 0.25) is 0 Å². The van der Waals surface area contributed by atoms with Crippen LogP contribution in [-0.4, -0.2) is 11.2 Å². The Labute approximate surface area is 87.9 Å². The first-order chi connectivity index (χ1) is 6.53. The Morgan fingerprint density at radius 2 is 1.93 bits per heavy atom. The number of rotatable bonds is 0. The number of aliphatic hydroxyl groups excluding tert-OH is 1. The van der Waals surface area contributed by atoms with Crippen molar-refractivity contribution in [3.05, 3.63) is 0 Å². The van der Waals surface area contributed by atoms with Crippen molar-refractivity contribution in [2.45, 2.75) is 59.0 Å². The van der Waals surface area contributed by atoms with E-state index >= 15 is 0 Å². The monoisotopic (exact) mass is 196 g/mol. The molecule has 0 heterocycles. The molecule has 2 aliphatic rings. The zero-order chi connectivity index (χ0) is 10.3. The van der Waals surface area contributed by atoms with Gasteiger partial charge in [-0.1, -0.05) is 33.6 Å². The van der Waals surface area contributed by atoms with Gasteiger partial charge in [0.15, 0.2) is 0 Å². The summed E-state index contributed by atoms with van der Waals surface area (Å²) in [5.74, 6) is 2.27. The summed E-state index contributed by atoms with van der Waals surface area (Å²) in [6.07, 6.45) is 6.37. The van der Waals surface area contributed by atoms with E-state index in [2.05, 4.69) is 20.8 Å². The van der Waals surface area contributed by atoms with Crippen LogP contribution in [0.25, 0.3) is 0 Å². The maximum absolute atomic E-state index is 9.97. The molecule has 14 heavy (non-hydrogen) atoms. The minimum Gasteiger partial charge on any atom is -0.393 e. The maximum atomic E-state index is 9.97. The molecule has 0 amide bonds. The number of fused-ring (bicyclic) bond motifs is 1. The third-order valence-corrected chi connectivity index (χ3v) is 4.95. The Kier molecular flexibility index (Phi) is 2.63. The molecule has 0 aromatic carbocycles. The molecule has 5 unspecified atom stereocenters. The summed E-state index contributed by atoms with van der Waals surface area (Å²) >= 11 is 0. The van der Waals surface area contributed by atoms with Crippen LogP contribution in [0.15, 0.2) is 0 Å². The van der Waals surface area contributed by atoms with Crippen molar-refractivity contribution in [3.63, 3.8) is 0 Å². The van der Waals surface area contributed by atoms with Crippen LogP contribution in [0, 0.1) is 23.2 Å². The van der Waals surface area contributed by atoms with Crippen LogP contribution in [0.5, 0.6) is 0 Å². The second-order valence-electron chi connectivity index (χ2n) is 6.11. The maximum Gasteiger partial charge on any atom is 0.0571 e. The highest BCUT2D eigenvalue weighted by Gasteiger charge is 2.46. The lowest BCUT2D eigenvalue weighted by atomic mass is 9.55. The van der Waals surface area contributed by atoms with E-state index in [0.717, 1.165) is 18.3 Å². The van der Waals surface area contributed by atoms with E-state index in [1.54, 1.807) is 0 Å². The molecule has 0 aromatic heterocycles. The Balaban J connectivity index is 2.16. The lowest BCUT2D eigenvalue weighted by Crippen LogP contribution is -2.45. The number of aliphatic hydroxyl groups is 1. The smallest absolute Gasteiger partial charge is 0.0571 e. The van der Waals surface area contributed by atoms with Crippen molar-refractivity contribution >= 4 is 0 Å². The minimum atomic E-state index is -0.0402. The van der Waals surface area contributed by atoms with Gasteiger partial charge in [-0.2, -0.15) is 0 Å². The standard InChI is InChI=1S/C13H24O/c1-9-5-4-6-13(3)8-12(14)10(2)7-11(9)13/h9-12,14H,4-8H2,1-3H3. The first-order valence-electron chi connectivity index (χ1n) is 6.21. The Bertz CT molecular complexity index is 213. The van der Waals surface area contributed by atoms with Gasteiger partial charge >= 0.3 is 0 Å². The first kappa shape index (κ1) is 10.5. The van der Waals surface area contributed by atoms with Crippen LogP contribution in [0.2, 0.25) is 0 Å². The molecule has 0 saturated heterocycles. The molecule has 2 saturated carbocycles. The molecule has 2 aliphatic carbocycles. The van der Waals surface area contributed by atoms with Crippen molar-refractivity contribution < 1.29 is 5.11 Å². The lowest BCUT2D eigenvalue weighted by Gasteiger charge is -2.51. The molecule has 82 valence electrons. The molecule has 0 aliphatic heterocycles. The number of hydrogen-bond acceptors (Lipinski definition) is 1. The Hall–Kier alpha value is -0.0400. The van der Waals surface area contributed by atoms with Crippen LogP contribution in [0.4, 0.5) is 0 Å². The Morgan fingerprint density at radius 1 is 1.21 bits per heavy atom. The second kappa shape index (κ2) is 3.52. The van der Waals surface area contributed by atoms with E-state index in [9.17, 15) is 5.11 Å². The topological polar surface area (TPSA) is 20.2 Å². The second-order valence-corrected chi connectivity index (χ2v) is 6.11. The predicted molar refractivity (Wildman–Crippen MR) is 59.0 cm³/mol. The summed E-state index contributed by atoms with van der Waals surface area (Å²) in [6, 6.07) is 0. The molecular weight excluding hydrogens is 172 g/mol. The quantitative estimate of drug-likeness (QED) is 0.630. The van der Waals surface area contributed by atoms with Crippen molar-refractivity contribution in [1.82, 2.24) is 0 Å². The summed E-state index contributed by atoms with van der Waals surface area (Å²) < 4.78 is 0. The summed E-state index contributed by atoms with van der Waals surface area (Å²) in [5, 5.41) is 9.97. The van der Waals surface area contributed by atoms with Gasteiger partial charge in [0.25, 0.3) is 0 Å². The van der Waals surface area contributed by atoms with Crippen molar-refractivity contribution in [2.75, 3.05) is 0 Å². The minimum absolute atomic E-state index is 0.0402. The SMILES string of the molecule is CC1CC2C(C)CCCC2(C)CC1O. The van der Waals surface area contributed by atoms with Crippen molar-refractivity contribution in [3.8, 4) is 0 Å². The Morgan fingerprint density at radius 3 is 2.64 bits per heavy atom. The fraction of sp³-hybridized carbons (Fsp3) is 1.00. The zero-order valence-electron chi connectivity index (χ0n) is 9.79. The van der Waals surface area contributed by atoms with Gasteiger partial charge < -0.3 is 5.11 Å². The molecule has 0 aromatic rings. The van der Waals surface area contributed by atoms with Crippen LogP contribution in [-0.2, 0) is 0 Å². The van der Waals surface area contributed by atoms with E-state index in [1.807, 2.05) is 0 Å². The van der Waals surface area contributed by atoms with Crippen LogP contribution in [0.1, 0.15) is 52.9 Å². The molecule has 1 nitrogen and oxygen atoms in total. The largest absolute Gasteiger partial charge is 0.393 e. The zero-order valence-corrected chi connectivity index (χ0v) is 9.79. The van der Waals surface area contributed by atoms with Gasteiger partial charge in [0, 0.05) is 0 Å². The number of hydrogen-bond donors (Lipinski definition) is 1. The molecule has 1 heteroatoms. The van der Waals surface area contributed by atoms with Crippen LogP contribution < -0.4 is 0 Å². The fourth-order valence-electron chi connectivity index (χ4n) is 3.91. The summed E-state index contributed by atoms with van der Waals surface area (Å²) in [6.45, 7) is 7.03. The van der Waals surface area contributed by atoms with Gasteiger partial charge in [0.1, 0.15) is 0 Å². The normalized spacial score (nSPS) is 54.0. The predicted octanol–water partition coefficient (Wildman–Crippen LogP) is 3.22. The van der Waals surface area contributed by atoms with E-state index in [1.165, 1.54) is 25.7 Å². The highest BCUT2D eigenvalue weighted by Crippen LogP contribution is 2.53. The molecule has 0 radical (unpaired) electrons. The molecular formula is C13H24O. The molecule has 0 spiro atoms. The molecule has 2 rings (SSSR count). The van der Waals surface area contributed by atoms with Gasteiger partial charge in [0.05, 0.1) is 6.10 Å².